The Bertz CT molecular complexity index is 664. The zero-order valence-electron chi connectivity index (χ0n) is 13.6. The molecule has 2 rings (SSSR count). The number of Topliss-reactive ketones (excluding diaryl/α,β-unsaturated/α-hetero) is 1. The first-order valence-corrected chi connectivity index (χ1v) is 7.81. The molecule has 0 bridgehead atoms. The molecular weight excluding hydrogens is 292 g/mol. The van der Waals surface area contributed by atoms with E-state index in [9.17, 15) is 14.4 Å². The third-order valence-corrected chi connectivity index (χ3v) is 4.13. The lowest BCUT2D eigenvalue weighted by Gasteiger charge is -2.22. The van der Waals surface area contributed by atoms with E-state index in [0.29, 0.717) is 12.0 Å². The van der Waals surface area contributed by atoms with E-state index in [2.05, 4.69) is 17.2 Å². The van der Waals surface area contributed by atoms with Crippen LogP contribution < -0.4 is 10.6 Å². The van der Waals surface area contributed by atoms with Gasteiger partial charge in [0.25, 0.3) is 0 Å². The number of hydrogen-bond acceptors (Lipinski definition) is 4. The number of carbonyl (C=O) groups is 3. The molecule has 2 amide bonds. The van der Waals surface area contributed by atoms with Gasteiger partial charge >= 0.3 is 0 Å². The van der Waals surface area contributed by atoms with Crippen molar-refractivity contribution in [3.63, 3.8) is 0 Å². The van der Waals surface area contributed by atoms with Crippen molar-refractivity contribution in [1.82, 2.24) is 10.6 Å². The minimum atomic E-state index is -0.623. The number of aryl methyl sites for hydroxylation is 1. The minimum Gasteiger partial charge on any atom is -0.316 e. The highest BCUT2D eigenvalue weighted by molar-refractivity contribution is 6.14. The first-order chi connectivity index (χ1) is 11.0. The summed E-state index contributed by atoms with van der Waals surface area (Å²) in [6, 6.07) is 5.70. The molecule has 1 atom stereocenters. The Morgan fingerprint density at radius 3 is 2.74 bits per heavy atom. The summed E-state index contributed by atoms with van der Waals surface area (Å²) >= 11 is 0. The van der Waals surface area contributed by atoms with Gasteiger partial charge in [-0.2, -0.15) is 0 Å². The van der Waals surface area contributed by atoms with Crippen LogP contribution in [0.3, 0.4) is 0 Å². The maximum absolute atomic E-state index is 12.7. The Kier molecular flexibility index (Phi) is 5.45. The van der Waals surface area contributed by atoms with E-state index in [-0.39, 0.29) is 23.7 Å². The lowest BCUT2D eigenvalue weighted by molar-refractivity contribution is -0.135. The summed E-state index contributed by atoms with van der Waals surface area (Å²) in [5.41, 5.74) is 2.89. The average Bonchev–Trinajstić information content (AvgIpc) is 2.54. The molecule has 1 aromatic carbocycles. The third-order valence-electron chi connectivity index (χ3n) is 4.13. The Hall–Kier alpha value is -2.27. The van der Waals surface area contributed by atoms with E-state index >= 15 is 0 Å². The molecule has 5 nitrogen and oxygen atoms in total. The van der Waals surface area contributed by atoms with Crippen LogP contribution >= 0.6 is 0 Å². The molecule has 122 valence electrons. The van der Waals surface area contributed by atoms with Crippen LogP contribution in [-0.2, 0) is 22.6 Å². The van der Waals surface area contributed by atoms with Crippen LogP contribution in [0.1, 0.15) is 41.3 Å². The molecule has 1 saturated heterocycles. The van der Waals surface area contributed by atoms with E-state index in [1.807, 2.05) is 26.1 Å². The predicted octanol–water partition coefficient (Wildman–Crippen LogP) is 1.76. The van der Waals surface area contributed by atoms with E-state index < -0.39 is 11.8 Å². The summed E-state index contributed by atoms with van der Waals surface area (Å²) in [5, 5.41) is 5.35. The van der Waals surface area contributed by atoms with Crippen LogP contribution in [0.5, 0.6) is 0 Å². The smallest absolute Gasteiger partial charge is 0.234 e. The molecule has 0 aromatic heterocycles. The van der Waals surface area contributed by atoms with Crippen LogP contribution in [0.2, 0.25) is 0 Å². The number of carbonyl (C=O) groups excluding carboxylic acids is 3. The molecule has 1 fully saturated rings. The van der Waals surface area contributed by atoms with Crippen molar-refractivity contribution < 1.29 is 14.4 Å². The van der Waals surface area contributed by atoms with Crippen LogP contribution in [-0.4, -0.2) is 24.6 Å². The van der Waals surface area contributed by atoms with Crippen LogP contribution in [0.25, 0.3) is 0 Å². The van der Waals surface area contributed by atoms with Crippen molar-refractivity contribution in [2.75, 3.05) is 7.05 Å². The summed E-state index contributed by atoms with van der Waals surface area (Å²) in [7, 11) is 1.87. The summed E-state index contributed by atoms with van der Waals surface area (Å²) < 4.78 is 0. The van der Waals surface area contributed by atoms with Crippen molar-refractivity contribution in [3.05, 3.63) is 47.0 Å². The molecule has 1 heterocycles. The summed E-state index contributed by atoms with van der Waals surface area (Å²) in [6.45, 7) is 6.55. The van der Waals surface area contributed by atoms with Crippen molar-refractivity contribution in [2.24, 2.45) is 5.92 Å². The Balaban J connectivity index is 2.24. The van der Waals surface area contributed by atoms with Crippen LogP contribution in [0, 0.1) is 5.92 Å². The van der Waals surface area contributed by atoms with Crippen molar-refractivity contribution in [3.8, 4) is 0 Å². The van der Waals surface area contributed by atoms with Gasteiger partial charge in [-0.15, -0.1) is 0 Å². The van der Waals surface area contributed by atoms with Gasteiger partial charge in [0.1, 0.15) is 0 Å². The second-order valence-corrected chi connectivity index (χ2v) is 5.73. The molecule has 0 spiro atoms. The van der Waals surface area contributed by atoms with Gasteiger partial charge in [0.2, 0.25) is 11.8 Å². The lowest BCUT2D eigenvalue weighted by atomic mass is 9.85. The fourth-order valence-electron chi connectivity index (χ4n) is 2.83. The largest absolute Gasteiger partial charge is 0.316 e. The first kappa shape index (κ1) is 17.1. The lowest BCUT2D eigenvalue weighted by Crippen LogP contribution is -2.42. The Morgan fingerprint density at radius 1 is 1.39 bits per heavy atom. The van der Waals surface area contributed by atoms with Gasteiger partial charge in [0.15, 0.2) is 5.78 Å². The molecule has 0 aliphatic carbocycles. The number of amides is 2. The van der Waals surface area contributed by atoms with Crippen molar-refractivity contribution in [1.29, 1.82) is 0 Å². The second-order valence-electron chi connectivity index (χ2n) is 5.73. The fraction of sp³-hybridized carbons (Fsp3) is 0.389. The third kappa shape index (κ3) is 3.74. The number of rotatable bonds is 6. The second kappa shape index (κ2) is 7.33. The summed E-state index contributed by atoms with van der Waals surface area (Å²) in [6.07, 6.45) is 1.31. The van der Waals surface area contributed by atoms with Gasteiger partial charge in [0.05, 0.1) is 5.92 Å². The fourth-order valence-corrected chi connectivity index (χ4v) is 2.83. The van der Waals surface area contributed by atoms with E-state index in [1.54, 1.807) is 6.07 Å². The van der Waals surface area contributed by atoms with Gasteiger partial charge in [-0.1, -0.05) is 31.7 Å². The average molecular weight is 314 g/mol. The highest BCUT2D eigenvalue weighted by Crippen LogP contribution is 2.25. The number of piperidine rings is 1. The van der Waals surface area contributed by atoms with E-state index in [0.717, 1.165) is 24.1 Å². The maximum Gasteiger partial charge on any atom is 0.234 e. The highest BCUT2D eigenvalue weighted by Gasteiger charge is 2.32. The molecular formula is C18H22N2O3. The number of benzene rings is 1. The van der Waals surface area contributed by atoms with Crippen LogP contribution in [0.4, 0.5) is 0 Å². The zero-order chi connectivity index (χ0) is 17.0. The molecule has 1 aliphatic heterocycles. The molecule has 0 radical (unpaired) electrons. The molecule has 1 aromatic rings. The quantitative estimate of drug-likeness (QED) is 0.477. The Morgan fingerprint density at radius 2 is 2.13 bits per heavy atom. The van der Waals surface area contributed by atoms with Gasteiger partial charge in [-0.3, -0.25) is 19.7 Å². The van der Waals surface area contributed by atoms with Gasteiger partial charge < -0.3 is 5.32 Å². The monoisotopic (exact) mass is 314 g/mol. The summed E-state index contributed by atoms with van der Waals surface area (Å²) in [5.74, 6) is -1.56. The molecule has 1 unspecified atom stereocenters. The molecule has 5 heteroatoms. The molecule has 23 heavy (non-hydrogen) atoms. The topological polar surface area (TPSA) is 75.3 Å². The molecule has 2 N–H and O–H groups in total. The van der Waals surface area contributed by atoms with Crippen molar-refractivity contribution >= 4 is 17.6 Å². The zero-order valence-corrected chi connectivity index (χ0v) is 13.6. The summed E-state index contributed by atoms with van der Waals surface area (Å²) in [4.78, 5) is 35.9. The number of hydrogen-bond donors (Lipinski definition) is 2. The molecule has 0 saturated carbocycles. The van der Waals surface area contributed by atoms with Crippen molar-refractivity contribution in [2.45, 2.75) is 32.7 Å². The first-order valence-electron chi connectivity index (χ1n) is 7.81. The van der Waals surface area contributed by atoms with Gasteiger partial charge in [-0.25, -0.2) is 0 Å². The molecule has 1 aliphatic rings. The normalized spacial score (nSPS) is 17.7. The van der Waals surface area contributed by atoms with Crippen LogP contribution in [0.15, 0.2) is 30.4 Å². The van der Waals surface area contributed by atoms with E-state index in [4.69, 9.17) is 0 Å². The van der Waals surface area contributed by atoms with E-state index in [1.165, 1.54) is 0 Å². The maximum atomic E-state index is 12.7. The number of nitrogens with one attached hydrogen (secondary N) is 2. The number of ketones is 1. The highest BCUT2D eigenvalue weighted by atomic mass is 16.2. The standard InChI is InChI=1S/C18H22N2O3/c1-4-13-9-12(10-19-3)5-6-15(13)17(22)11(2)14-7-8-16(21)20-18(14)23/h5-6,9,14,19H,2,4,7-8,10H2,1,3H3,(H,20,21,23). The predicted molar refractivity (Wildman–Crippen MR) is 87.9 cm³/mol. The number of imide groups is 1. The van der Waals surface area contributed by atoms with Gasteiger partial charge in [-0.05, 0) is 31.0 Å². The SMILES string of the molecule is C=C(C(=O)c1ccc(CNC)cc1CC)C1CCC(=O)NC1=O. The minimum absolute atomic E-state index is 0.215. The Labute approximate surface area is 136 Å². The van der Waals surface area contributed by atoms with Gasteiger partial charge in [0, 0.05) is 24.1 Å².